The first-order valence-corrected chi connectivity index (χ1v) is 9.79. The van der Waals surface area contributed by atoms with Crippen LogP contribution in [0.3, 0.4) is 0 Å². The molecule has 0 bridgehead atoms. The Morgan fingerprint density at radius 1 is 1.25 bits per heavy atom. The van der Waals surface area contributed by atoms with Gasteiger partial charge in [-0.2, -0.15) is 4.37 Å². The zero-order chi connectivity index (χ0) is 19.8. The maximum atomic E-state index is 13.2. The normalized spacial score (nSPS) is 16.3. The zero-order valence-electron chi connectivity index (χ0n) is 15.5. The fraction of sp³-hybridized carbons (Fsp3) is 0.368. The van der Waals surface area contributed by atoms with Gasteiger partial charge in [0.05, 0.1) is 24.1 Å². The lowest BCUT2D eigenvalue weighted by Gasteiger charge is -2.35. The van der Waals surface area contributed by atoms with E-state index in [4.69, 9.17) is 0 Å². The second-order valence-corrected chi connectivity index (χ2v) is 7.44. The first kappa shape index (κ1) is 18.7. The van der Waals surface area contributed by atoms with Crippen molar-refractivity contribution in [2.75, 3.05) is 13.2 Å². The molecule has 2 aromatic heterocycles. The van der Waals surface area contributed by atoms with Crippen LogP contribution in [0.25, 0.3) is 10.8 Å². The minimum Gasteiger partial charge on any atom is -0.329 e. The molecule has 0 spiro atoms. The number of aromatic nitrogens is 4. The monoisotopic (exact) mass is 403 g/mol. The van der Waals surface area contributed by atoms with Crippen LogP contribution in [-0.4, -0.2) is 42.9 Å². The summed E-state index contributed by atoms with van der Waals surface area (Å²) in [6, 6.07) is 5.22. The largest absolute Gasteiger partial charge is 0.329 e. The number of aryl methyl sites for hydroxylation is 2. The molecule has 1 amide bonds. The molecule has 0 radical (unpaired) electrons. The lowest BCUT2D eigenvalue weighted by molar-refractivity contribution is 0.0643. The van der Waals surface area contributed by atoms with E-state index in [1.807, 2.05) is 18.4 Å². The van der Waals surface area contributed by atoms with Gasteiger partial charge in [0.2, 0.25) is 0 Å². The second-order valence-electron chi connectivity index (χ2n) is 6.69. The van der Waals surface area contributed by atoms with Gasteiger partial charge in [-0.15, -0.1) is 0 Å². The van der Waals surface area contributed by atoms with Crippen molar-refractivity contribution < 1.29 is 13.6 Å². The number of carbonyl (C=O) groups is 1. The Balaban J connectivity index is 1.72. The van der Waals surface area contributed by atoms with Crippen LogP contribution in [-0.2, 0) is 13.0 Å². The first-order valence-electron chi connectivity index (χ1n) is 9.02. The van der Waals surface area contributed by atoms with Crippen molar-refractivity contribution in [2.24, 2.45) is 0 Å². The van der Waals surface area contributed by atoms with Crippen molar-refractivity contribution in [3.05, 3.63) is 52.9 Å². The smallest absolute Gasteiger partial charge is 0.254 e. The minimum absolute atomic E-state index is 0.177. The Labute approximate surface area is 165 Å². The summed E-state index contributed by atoms with van der Waals surface area (Å²) in [5.74, 6) is 0.772. The SMILES string of the molecule is Cc1nsc(-c2nc(CCF)c3n2CCN(C(=O)c2ccc(F)cc2)C3C)n1. The summed E-state index contributed by atoms with van der Waals surface area (Å²) >= 11 is 1.26. The van der Waals surface area contributed by atoms with E-state index in [2.05, 4.69) is 14.3 Å². The molecule has 0 fully saturated rings. The third-order valence-corrected chi connectivity index (χ3v) is 5.72. The molecule has 1 unspecified atom stereocenters. The van der Waals surface area contributed by atoms with Gasteiger partial charge in [-0.05, 0) is 49.6 Å². The summed E-state index contributed by atoms with van der Waals surface area (Å²) in [7, 11) is 0. The number of hydrogen-bond donors (Lipinski definition) is 0. The number of hydrogen-bond acceptors (Lipinski definition) is 5. The number of fused-ring (bicyclic) bond motifs is 1. The average Bonchev–Trinajstić information content (AvgIpc) is 3.26. The molecule has 1 aromatic carbocycles. The molecule has 3 aromatic rings. The number of halogens is 2. The first-order chi connectivity index (χ1) is 13.5. The number of benzene rings is 1. The molecule has 0 aliphatic carbocycles. The van der Waals surface area contributed by atoms with Crippen LogP contribution >= 0.6 is 11.5 Å². The lowest BCUT2D eigenvalue weighted by atomic mass is 10.1. The average molecular weight is 403 g/mol. The number of rotatable bonds is 4. The molecule has 0 N–H and O–H groups in total. The molecule has 3 heterocycles. The summed E-state index contributed by atoms with van der Waals surface area (Å²) in [5, 5.41) is 0.689. The van der Waals surface area contributed by atoms with Gasteiger partial charge in [0.25, 0.3) is 5.91 Å². The standard InChI is InChI=1S/C19H19F2N5OS/c1-11-16-15(7-8-20)23-17(18-22-12(2)24-28-18)26(16)10-9-25(11)19(27)13-3-5-14(21)6-4-13/h3-6,11H,7-10H2,1-2H3. The Bertz CT molecular complexity index is 1010. The lowest BCUT2D eigenvalue weighted by Crippen LogP contribution is -2.41. The van der Waals surface area contributed by atoms with E-state index >= 15 is 0 Å². The molecule has 146 valence electrons. The molecule has 28 heavy (non-hydrogen) atoms. The third kappa shape index (κ3) is 3.19. The molecule has 4 rings (SSSR count). The Morgan fingerprint density at radius 2 is 2.00 bits per heavy atom. The van der Waals surface area contributed by atoms with E-state index in [1.54, 1.807) is 4.90 Å². The summed E-state index contributed by atoms with van der Waals surface area (Å²) in [4.78, 5) is 23.7. The third-order valence-electron chi connectivity index (χ3n) is 4.91. The number of carbonyl (C=O) groups excluding carboxylic acids is 1. The maximum absolute atomic E-state index is 13.2. The molecule has 1 atom stereocenters. The van der Waals surface area contributed by atoms with E-state index in [1.165, 1.54) is 35.8 Å². The van der Waals surface area contributed by atoms with E-state index in [-0.39, 0.29) is 24.2 Å². The molecule has 1 aliphatic rings. The van der Waals surface area contributed by atoms with Crippen LogP contribution < -0.4 is 0 Å². The maximum Gasteiger partial charge on any atom is 0.254 e. The van der Waals surface area contributed by atoms with Gasteiger partial charge in [0, 0.05) is 25.1 Å². The minimum atomic E-state index is -0.531. The molecule has 6 nitrogen and oxygen atoms in total. The highest BCUT2D eigenvalue weighted by Gasteiger charge is 2.34. The van der Waals surface area contributed by atoms with Crippen LogP contribution in [0.15, 0.2) is 24.3 Å². The van der Waals surface area contributed by atoms with Crippen molar-refractivity contribution >= 4 is 17.4 Å². The van der Waals surface area contributed by atoms with Crippen molar-refractivity contribution in [1.29, 1.82) is 0 Å². The zero-order valence-corrected chi connectivity index (χ0v) is 16.3. The van der Waals surface area contributed by atoms with Gasteiger partial charge in [-0.3, -0.25) is 9.18 Å². The van der Waals surface area contributed by atoms with Crippen LogP contribution in [0.5, 0.6) is 0 Å². The van der Waals surface area contributed by atoms with Crippen molar-refractivity contribution in [2.45, 2.75) is 32.9 Å². The van der Waals surface area contributed by atoms with Crippen molar-refractivity contribution in [3.8, 4) is 10.8 Å². The number of alkyl halides is 1. The van der Waals surface area contributed by atoms with Gasteiger partial charge < -0.3 is 9.47 Å². The highest BCUT2D eigenvalue weighted by atomic mass is 32.1. The van der Waals surface area contributed by atoms with Gasteiger partial charge in [-0.1, -0.05) is 0 Å². The van der Waals surface area contributed by atoms with E-state index in [9.17, 15) is 13.6 Å². The topological polar surface area (TPSA) is 63.9 Å². The van der Waals surface area contributed by atoms with Gasteiger partial charge in [0.1, 0.15) is 11.6 Å². The van der Waals surface area contributed by atoms with Gasteiger partial charge >= 0.3 is 0 Å². The Kier molecular flexibility index (Phi) is 4.92. The predicted molar refractivity (Wildman–Crippen MR) is 101 cm³/mol. The second kappa shape index (κ2) is 7.38. The summed E-state index contributed by atoms with van der Waals surface area (Å²) in [5.41, 5.74) is 1.88. The van der Waals surface area contributed by atoms with Crippen LogP contribution in [0, 0.1) is 12.7 Å². The van der Waals surface area contributed by atoms with E-state index in [0.717, 1.165) is 5.69 Å². The Hall–Kier alpha value is -2.68. The molecule has 0 saturated heterocycles. The van der Waals surface area contributed by atoms with Crippen molar-refractivity contribution in [1.82, 2.24) is 23.8 Å². The van der Waals surface area contributed by atoms with E-state index < -0.39 is 6.67 Å². The molecule has 9 heteroatoms. The van der Waals surface area contributed by atoms with Gasteiger partial charge in [-0.25, -0.2) is 14.4 Å². The highest BCUT2D eigenvalue weighted by Crippen LogP contribution is 2.34. The predicted octanol–water partition coefficient (Wildman–Crippen LogP) is 3.58. The van der Waals surface area contributed by atoms with Crippen LogP contribution in [0.2, 0.25) is 0 Å². The fourth-order valence-corrected chi connectivity index (χ4v) is 4.29. The number of imidazole rings is 1. The summed E-state index contributed by atoms with van der Waals surface area (Å²) in [6.07, 6.45) is 0.177. The number of nitrogens with zero attached hydrogens (tertiary/aromatic N) is 5. The number of amides is 1. The van der Waals surface area contributed by atoms with E-state index in [0.29, 0.717) is 41.0 Å². The molecular formula is C19H19F2N5OS. The molecule has 0 saturated carbocycles. The highest BCUT2D eigenvalue weighted by molar-refractivity contribution is 7.09. The Morgan fingerprint density at radius 3 is 2.64 bits per heavy atom. The summed E-state index contributed by atoms with van der Waals surface area (Å²) in [6.45, 7) is 4.19. The van der Waals surface area contributed by atoms with Crippen LogP contribution in [0.4, 0.5) is 8.78 Å². The fourth-order valence-electron chi connectivity index (χ4n) is 3.62. The molecule has 1 aliphatic heterocycles. The molecular weight excluding hydrogens is 384 g/mol. The summed E-state index contributed by atoms with van der Waals surface area (Å²) < 4.78 is 32.6. The van der Waals surface area contributed by atoms with Crippen LogP contribution in [0.1, 0.15) is 40.5 Å². The van der Waals surface area contributed by atoms with Gasteiger partial charge in [0.15, 0.2) is 10.8 Å². The van der Waals surface area contributed by atoms with Crippen molar-refractivity contribution in [3.63, 3.8) is 0 Å². The quantitative estimate of drug-likeness (QED) is 0.668.